The summed E-state index contributed by atoms with van der Waals surface area (Å²) >= 11 is 0. The monoisotopic (exact) mass is 246 g/mol. The number of nitrogens with two attached hydrogens (primary N) is 2. The molecule has 0 unspecified atom stereocenters. The smallest absolute Gasteiger partial charge is 0.0263 e. The largest absolute Gasteiger partial charge is 0.325 e. The second kappa shape index (κ2) is 2.44. The first kappa shape index (κ1) is 10.7. The van der Waals surface area contributed by atoms with Crippen LogP contribution in [0.2, 0.25) is 0 Å². The quantitative estimate of drug-likeness (QED) is 0.689. The van der Waals surface area contributed by atoms with Crippen LogP contribution in [0.4, 0.5) is 0 Å². The molecule has 7 rings (SSSR count). The molecule has 0 aromatic heterocycles. The topological polar surface area (TPSA) is 52.0 Å². The van der Waals surface area contributed by atoms with Crippen molar-refractivity contribution in [3.8, 4) is 0 Å². The van der Waals surface area contributed by atoms with Crippen LogP contribution < -0.4 is 11.5 Å². The Morgan fingerprint density at radius 3 is 2.50 bits per heavy atom. The van der Waals surface area contributed by atoms with Crippen molar-refractivity contribution >= 4 is 0 Å². The number of hydrogen-bond donors (Lipinski definition) is 2. The molecule has 7 fully saturated rings. The maximum Gasteiger partial charge on any atom is 0.0263 e. The van der Waals surface area contributed by atoms with Gasteiger partial charge in [0.05, 0.1) is 0 Å². The third kappa shape index (κ3) is 0.791. The lowest BCUT2D eigenvalue weighted by atomic mass is 9.24. The molecule has 8 atom stereocenters. The van der Waals surface area contributed by atoms with E-state index in [1.807, 2.05) is 0 Å². The van der Waals surface area contributed by atoms with Gasteiger partial charge in [-0.3, -0.25) is 0 Å². The summed E-state index contributed by atoms with van der Waals surface area (Å²) in [6.07, 6.45) is 7.91. The molecule has 2 heteroatoms. The van der Waals surface area contributed by atoms with Crippen LogP contribution in [0.25, 0.3) is 0 Å². The summed E-state index contributed by atoms with van der Waals surface area (Å²) in [5, 5.41) is 0. The molecule has 18 heavy (non-hydrogen) atoms. The zero-order valence-corrected chi connectivity index (χ0v) is 11.7. The molecular formula is C16H26N2. The Bertz CT molecular complexity index is 462. The van der Waals surface area contributed by atoms with Crippen molar-refractivity contribution in [2.45, 2.75) is 63.5 Å². The summed E-state index contributed by atoms with van der Waals surface area (Å²) in [5.74, 6) is 3.51. The first-order valence-corrected chi connectivity index (χ1v) is 7.89. The summed E-state index contributed by atoms with van der Waals surface area (Å²) in [6, 6.07) is 0. The van der Waals surface area contributed by atoms with E-state index >= 15 is 0 Å². The first-order chi connectivity index (χ1) is 8.31. The molecular weight excluding hydrogens is 220 g/mol. The first-order valence-electron chi connectivity index (χ1n) is 7.89. The molecule has 4 N–H and O–H groups in total. The zero-order chi connectivity index (χ0) is 12.6. The number of hydrogen-bond acceptors (Lipinski definition) is 2. The fraction of sp³-hybridized carbons (Fsp3) is 1.00. The fourth-order valence-electron chi connectivity index (χ4n) is 8.24. The van der Waals surface area contributed by atoms with Crippen LogP contribution in [-0.2, 0) is 0 Å². The van der Waals surface area contributed by atoms with Gasteiger partial charge in [0.25, 0.3) is 0 Å². The summed E-state index contributed by atoms with van der Waals surface area (Å²) < 4.78 is 0. The minimum Gasteiger partial charge on any atom is -0.325 e. The molecule has 8 bridgehead atoms. The highest BCUT2D eigenvalue weighted by Gasteiger charge is 2.79. The molecule has 100 valence electrons. The molecule has 0 amide bonds. The van der Waals surface area contributed by atoms with Gasteiger partial charge < -0.3 is 11.5 Å². The molecule has 0 saturated heterocycles. The highest BCUT2D eigenvalue weighted by Crippen LogP contribution is 2.80. The molecule has 7 aliphatic carbocycles. The lowest BCUT2D eigenvalue weighted by Gasteiger charge is -2.82. The predicted molar refractivity (Wildman–Crippen MR) is 71.7 cm³/mol. The molecule has 0 radical (unpaired) electrons. The minimum atomic E-state index is 0.0606. The minimum absolute atomic E-state index is 0.0606. The van der Waals surface area contributed by atoms with Gasteiger partial charge in [0, 0.05) is 11.1 Å². The highest BCUT2D eigenvalue weighted by atomic mass is 15.0. The SMILES string of the molecule is C[C@@]12C[C@@]3(N)C[C@H]4[C@@H]1C[C@H]1C[C@@H]2[C@@](N)(C3)[C@]4(C)C1. The molecule has 7 saturated carbocycles. The van der Waals surface area contributed by atoms with E-state index in [0.29, 0.717) is 10.8 Å². The van der Waals surface area contributed by atoms with Crippen molar-refractivity contribution < 1.29 is 0 Å². The van der Waals surface area contributed by atoms with Crippen molar-refractivity contribution in [1.29, 1.82) is 0 Å². The van der Waals surface area contributed by atoms with Gasteiger partial charge in [0.1, 0.15) is 0 Å². The van der Waals surface area contributed by atoms with Crippen molar-refractivity contribution in [2.75, 3.05) is 0 Å². The van der Waals surface area contributed by atoms with Crippen LogP contribution in [0.5, 0.6) is 0 Å². The normalized spacial score (nSPS) is 75.3. The Morgan fingerprint density at radius 2 is 1.72 bits per heavy atom. The van der Waals surface area contributed by atoms with Crippen molar-refractivity contribution in [3.05, 3.63) is 0 Å². The highest BCUT2D eigenvalue weighted by molar-refractivity contribution is 5.32. The Morgan fingerprint density at radius 1 is 0.944 bits per heavy atom. The summed E-state index contributed by atoms with van der Waals surface area (Å²) in [5.41, 5.74) is 14.8. The summed E-state index contributed by atoms with van der Waals surface area (Å²) in [7, 11) is 0. The van der Waals surface area contributed by atoms with E-state index in [-0.39, 0.29) is 11.1 Å². The molecule has 0 aromatic rings. The van der Waals surface area contributed by atoms with Gasteiger partial charge in [0.2, 0.25) is 0 Å². The Kier molecular flexibility index (Phi) is 1.45. The second-order valence-electron chi connectivity index (χ2n) is 9.19. The summed E-state index contributed by atoms with van der Waals surface area (Å²) in [4.78, 5) is 0. The van der Waals surface area contributed by atoms with Crippen molar-refractivity contribution in [2.24, 2.45) is 46.0 Å². The van der Waals surface area contributed by atoms with E-state index < -0.39 is 0 Å². The predicted octanol–water partition coefficient (Wildman–Crippen LogP) is 2.27. The van der Waals surface area contributed by atoms with Crippen molar-refractivity contribution in [3.63, 3.8) is 0 Å². The average Bonchev–Trinajstić information content (AvgIpc) is 2.24. The van der Waals surface area contributed by atoms with Gasteiger partial charge in [-0.05, 0) is 73.0 Å². The zero-order valence-electron chi connectivity index (χ0n) is 11.7. The van der Waals surface area contributed by atoms with E-state index in [4.69, 9.17) is 11.5 Å². The lowest BCUT2D eigenvalue weighted by Crippen LogP contribution is -2.85. The van der Waals surface area contributed by atoms with Gasteiger partial charge in [-0.2, -0.15) is 0 Å². The van der Waals surface area contributed by atoms with Crippen molar-refractivity contribution in [1.82, 2.24) is 0 Å². The van der Waals surface area contributed by atoms with Crippen LogP contribution in [0, 0.1) is 34.5 Å². The Labute approximate surface area is 110 Å². The van der Waals surface area contributed by atoms with Crippen LogP contribution in [0.3, 0.4) is 0 Å². The van der Waals surface area contributed by atoms with Gasteiger partial charge in [-0.15, -0.1) is 0 Å². The fourth-order valence-corrected chi connectivity index (χ4v) is 8.24. The van der Waals surface area contributed by atoms with Gasteiger partial charge in [-0.25, -0.2) is 0 Å². The second-order valence-corrected chi connectivity index (χ2v) is 9.19. The number of rotatable bonds is 0. The van der Waals surface area contributed by atoms with Gasteiger partial charge in [-0.1, -0.05) is 13.8 Å². The van der Waals surface area contributed by atoms with Gasteiger partial charge in [0.15, 0.2) is 0 Å². The lowest BCUT2D eigenvalue weighted by molar-refractivity contribution is -0.300. The Hall–Kier alpha value is -0.0800. The van der Waals surface area contributed by atoms with E-state index in [2.05, 4.69) is 13.8 Å². The molecule has 0 aliphatic heterocycles. The molecule has 0 aromatic carbocycles. The van der Waals surface area contributed by atoms with E-state index in [0.717, 1.165) is 30.1 Å². The molecule has 0 heterocycles. The maximum absolute atomic E-state index is 7.08. The van der Waals surface area contributed by atoms with Crippen LogP contribution in [0.15, 0.2) is 0 Å². The molecule has 7 aliphatic rings. The van der Waals surface area contributed by atoms with Crippen LogP contribution in [-0.4, -0.2) is 11.1 Å². The van der Waals surface area contributed by atoms with E-state index in [1.54, 1.807) is 0 Å². The van der Waals surface area contributed by atoms with Gasteiger partial charge >= 0.3 is 0 Å². The van der Waals surface area contributed by atoms with Crippen LogP contribution in [0.1, 0.15) is 52.4 Å². The average molecular weight is 246 g/mol. The third-order valence-electron chi connectivity index (χ3n) is 8.51. The molecule has 0 spiro atoms. The molecule has 2 nitrogen and oxygen atoms in total. The third-order valence-corrected chi connectivity index (χ3v) is 8.51. The van der Waals surface area contributed by atoms with E-state index in [1.165, 1.54) is 32.1 Å². The standard InChI is InChI=1S/C16H26N2/c1-13-7-15(17)6-11-10(13)3-9-4-12(13)16(18,8-15)14(11,2)5-9/h9-12H,3-8,17-18H2,1-2H3/t9-,10-,11-,12-,13+,14+,15-,16-/m0/s1. The summed E-state index contributed by atoms with van der Waals surface area (Å²) in [6.45, 7) is 5.06. The Balaban J connectivity index is 1.80. The van der Waals surface area contributed by atoms with Crippen LogP contribution >= 0.6 is 0 Å². The maximum atomic E-state index is 7.08. The van der Waals surface area contributed by atoms with E-state index in [9.17, 15) is 0 Å².